The van der Waals surface area contributed by atoms with Crippen LogP contribution in [-0.2, 0) is 4.74 Å². The largest absolute Gasteiger partial charge is 0.461 e. The lowest BCUT2D eigenvalue weighted by atomic mass is 10.3. The number of hydrogen-bond donors (Lipinski definition) is 2. The molecule has 0 aliphatic heterocycles. The van der Waals surface area contributed by atoms with Crippen molar-refractivity contribution in [1.82, 2.24) is 19.6 Å². The maximum Gasteiger partial charge on any atom is 0.360 e. The Morgan fingerprint density at radius 3 is 2.92 bits per heavy atom. The number of carbonyl (C=O) groups excluding carboxylic acids is 2. The number of ether oxygens (including phenoxy) is 1. The van der Waals surface area contributed by atoms with Crippen LogP contribution in [0.25, 0.3) is 5.65 Å². The second kappa shape index (κ2) is 6.73. The standard InChI is InChI=1S/C15H13ClN6O3/c1-2-25-15(24)11-12-21-18-7-10(17)22(12)13(20-11)14(23)19-9-5-3-4-8(16)6-9/h3-7H,2,17H2,1H3,(H,19,23). The van der Waals surface area contributed by atoms with E-state index in [1.54, 1.807) is 31.2 Å². The summed E-state index contributed by atoms with van der Waals surface area (Å²) in [5, 5.41) is 10.6. The minimum absolute atomic E-state index is 0.0368. The van der Waals surface area contributed by atoms with Crippen LogP contribution < -0.4 is 11.1 Å². The van der Waals surface area contributed by atoms with Gasteiger partial charge in [-0.25, -0.2) is 9.78 Å². The highest BCUT2D eigenvalue weighted by Gasteiger charge is 2.25. The monoisotopic (exact) mass is 360 g/mol. The highest BCUT2D eigenvalue weighted by atomic mass is 35.5. The maximum atomic E-state index is 12.6. The Morgan fingerprint density at radius 2 is 2.20 bits per heavy atom. The van der Waals surface area contributed by atoms with Crippen LogP contribution in [0, 0.1) is 0 Å². The van der Waals surface area contributed by atoms with Crippen LogP contribution in [0.4, 0.5) is 11.5 Å². The van der Waals surface area contributed by atoms with Gasteiger partial charge in [-0.15, -0.1) is 5.10 Å². The van der Waals surface area contributed by atoms with E-state index in [2.05, 4.69) is 20.5 Å². The fraction of sp³-hybridized carbons (Fsp3) is 0.133. The molecule has 2 heterocycles. The Morgan fingerprint density at radius 1 is 1.40 bits per heavy atom. The van der Waals surface area contributed by atoms with E-state index in [0.29, 0.717) is 10.7 Å². The fourth-order valence-electron chi connectivity index (χ4n) is 2.19. The molecular weight excluding hydrogens is 348 g/mol. The molecule has 0 fully saturated rings. The number of nitrogen functional groups attached to an aromatic ring is 1. The molecule has 0 bridgehead atoms. The molecule has 1 amide bonds. The molecule has 3 rings (SSSR count). The van der Waals surface area contributed by atoms with E-state index in [1.807, 2.05) is 0 Å². The Balaban J connectivity index is 2.06. The lowest BCUT2D eigenvalue weighted by Crippen LogP contribution is -2.17. The van der Waals surface area contributed by atoms with Gasteiger partial charge in [0.05, 0.1) is 12.8 Å². The third-order valence-electron chi connectivity index (χ3n) is 3.21. The average molecular weight is 361 g/mol. The summed E-state index contributed by atoms with van der Waals surface area (Å²) in [5.74, 6) is -1.33. The third-order valence-corrected chi connectivity index (χ3v) is 3.44. The van der Waals surface area contributed by atoms with Crippen LogP contribution in [0.3, 0.4) is 0 Å². The van der Waals surface area contributed by atoms with Crippen LogP contribution in [-0.4, -0.2) is 38.1 Å². The summed E-state index contributed by atoms with van der Waals surface area (Å²) >= 11 is 5.90. The molecule has 25 heavy (non-hydrogen) atoms. The molecule has 0 spiro atoms. The number of benzene rings is 1. The summed E-state index contributed by atoms with van der Waals surface area (Å²) in [6.45, 7) is 1.81. The van der Waals surface area contributed by atoms with Gasteiger partial charge in [-0.3, -0.25) is 9.20 Å². The van der Waals surface area contributed by atoms with E-state index in [-0.39, 0.29) is 29.6 Å². The number of hydrogen-bond acceptors (Lipinski definition) is 7. The molecular formula is C15H13ClN6O3. The number of aromatic nitrogens is 4. The number of nitrogens with one attached hydrogen (secondary N) is 1. The Labute approximate surface area is 146 Å². The number of esters is 1. The van der Waals surface area contributed by atoms with Crippen molar-refractivity contribution in [2.24, 2.45) is 0 Å². The summed E-state index contributed by atoms with van der Waals surface area (Å²) in [5.41, 5.74) is 6.23. The van der Waals surface area contributed by atoms with Crippen molar-refractivity contribution >= 4 is 40.6 Å². The molecule has 0 radical (unpaired) electrons. The molecule has 10 heteroatoms. The van der Waals surface area contributed by atoms with Gasteiger partial charge >= 0.3 is 5.97 Å². The molecule has 2 aromatic heterocycles. The zero-order valence-electron chi connectivity index (χ0n) is 13.1. The van der Waals surface area contributed by atoms with Crippen molar-refractivity contribution in [2.45, 2.75) is 6.92 Å². The van der Waals surface area contributed by atoms with Crippen LogP contribution in [0.5, 0.6) is 0 Å². The predicted octanol–water partition coefficient (Wildman–Crippen LogP) is 1.79. The number of fused-ring (bicyclic) bond motifs is 1. The molecule has 128 valence electrons. The minimum Gasteiger partial charge on any atom is -0.461 e. The molecule has 0 aliphatic carbocycles. The SMILES string of the molecule is CCOC(=O)c1nc(C(=O)Nc2cccc(Cl)c2)n2c(N)cnnc12. The van der Waals surface area contributed by atoms with Crippen molar-refractivity contribution in [3.8, 4) is 0 Å². The number of imidazole rings is 1. The van der Waals surface area contributed by atoms with Gasteiger partial charge in [0.25, 0.3) is 5.91 Å². The van der Waals surface area contributed by atoms with Crippen LogP contribution >= 0.6 is 11.6 Å². The lowest BCUT2D eigenvalue weighted by Gasteiger charge is -2.05. The van der Waals surface area contributed by atoms with Gasteiger partial charge in [0.2, 0.25) is 5.82 Å². The van der Waals surface area contributed by atoms with Gasteiger partial charge in [0.1, 0.15) is 5.82 Å². The van der Waals surface area contributed by atoms with Gasteiger partial charge in [-0.05, 0) is 25.1 Å². The number of rotatable bonds is 4. The summed E-state index contributed by atoms with van der Waals surface area (Å²) in [4.78, 5) is 28.7. The number of anilines is 2. The van der Waals surface area contributed by atoms with E-state index in [4.69, 9.17) is 22.1 Å². The number of nitrogens with two attached hydrogens (primary N) is 1. The van der Waals surface area contributed by atoms with E-state index in [9.17, 15) is 9.59 Å². The zero-order valence-corrected chi connectivity index (χ0v) is 13.8. The molecule has 0 unspecified atom stereocenters. The smallest absolute Gasteiger partial charge is 0.360 e. The first-order valence-corrected chi connectivity index (χ1v) is 7.62. The fourth-order valence-corrected chi connectivity index (χ4v) is 2.38. The van der Waals surface area contributed by atoms with Crippen molar-refractivity contribution in [2.75, 3.05) is 17.7 Å². The highest BCUT2D eigenvalue weighted by Crippen LogP contribution is 2.19. The number of halogens is 1. The second-order valence-electron chi connectivity index (χ2n) is 4.90. The maximum absolute atomic E-state index is 12.6. The van der Waals surface area contributed by atoms with Gasteiger partial charge in [0.15, 0.2) is 11.3 Å². The van der Waals surface area contributed by atoms with Gasteiger partial charge in [-0.2, -0.15) is 5.10 Å². The van der Waals surface area contributed by atoms with Crippen LogP contribution in [0.2, 0.25) is 5.02 Å². The van der Waals surface area contributed by atoms with E-state index in [0.717, 1.165) is 0 Å². The highest BCUT2D eigenvalue weighted by molar-refractivity contribution is 6.30. The van der Waals surface area contributed by atoms with Gasteiger partial charge < -0.3 is 15.8 Å². The summed E-state index contributed by atoms with van der Waals surface area (Å²) in [6, 6.07) is 6.60. The number of nitrogens with zero attached hydrogens (tertiary/aromatic N) is 4. The van der Waals surface area contributed by atoms with Crippen molar-refractivity contribution < 1.29 is 14.3 Å². The van der Waals surface area contributed by atoms with Gasteiger partial charge in [0, 0.05) is 10.7 Å². The normalized spacial score (nSPS) is 10.6. The first-order valence-electron chi connectivity index (χ1n) is 7.25. The topological polar surface area (TPSA) is 124 Å². The molecule has 0 saturated heterocycles. The van der Waals surface area contributed by atoms with Crippen LogP contribution in [0.1, 0.15) is 28.0 Å². The summed E-state index contributed by atoms with van der Waals surface area (Å²) < 4.78 is 6.17. The molecule has 9 nitrogen and oxygen atoms in total. The minimum atomic E-state index is -0.721. The molecule has 0 atom stereocenters. The van der Waals surface area contributed by atoms with Crippen molar-refractivity contribution in [3.63, 3.8) is 0 Å². The third kappa shape index (κ3) is 3.22. The first-order chi connectivity index (χ1) is 12.0. The predicted molar refractivity (Wildman–Crippen MR) is 90.6 cm³/mol. The summed E-state index contributed by atoms with van der Waals surface area (Å²) in [6.07, 6.45) is 1.25. The van der Waals surface area contributed by atoms with E-state index >= 15 is 0 Å². The Kier molecular flexibility index (Phi) is 4.48. The second-order valence-corrected chi connectivity index (χ2v) is 5.33. The molecule has 3 N–H and O–H groups in total. The average Bonchev–Trinajstić information content (AvgIpc) is 2.96. The first kappa shape index (κ1) is 16.7. The Bertz CT molecular complexity index is 971. The molecule has 0 saturated carbocycles. The lowest BCUT2D eigenvalue weighted by molar-refractivity contribution is 0.0522. The molecule has 1 aromatic carbocycles. The van der Waals surface area contributed by atoms with Crippen molar-refractivity contribution in [3.05, 3.63) is 47.0 Å². The van der Waals surface area contributed by atoms with E-state index in [1.165, 1.54) is 10.6 Å². The zero-order chi connectivity index (χ0) is 18.0. The van der Waals surface area contributed by atoms with Crippen molar-refractivity contribution in [1.29, 1.82) is 0 Å². The van der Waals surface area contributed by atoms with Gasteiger partial charge in [-0.1, -0.05) is 17.7 Å². The number of carbonyl (C=O) groups is 2. The number of amides is 1. The quantitative estimate of drug-likeness (QED) is 0.679. The van der Waals surface area contributed by atoms with Crippen LogP contribution in [0.15, 0.2) is 30.5 Å². The van der Waals surface area contributed by atoms with E-state index < -0.39 is 11.9 Å². The molecule has 0 aliphatic rings. The Hall–Kier alpha value is -3.20. The molecule has 3 aromatic rings. The summed E-state index contributed by atoms with van der Waals surface area (Å²) in [7, 11) is 0.